The molecule has 0 saturated heterocycles. The smallest absolute Gasteiger partial charge is 0.237 e. The first-order valence-corrected chi connectivity index (χ1v) is 6.26. The quantitative estimate of drug-likeness (QED) is 0.772. The van der Waals surface area contributed by atoms with E-state index in [2.05, 4.69) is 11.6 Å². The van der Waals surface area contributed by atoms with Gasteiger partial charge in [0.25, 0.3) is 0 Å². The van der Waals surface area contributed by atoms with E-state index in [0.717, 1.165) is 19.3 Å². The minimum Gasteiger partial charge on any atom is -0.274 e. The predicted molar refractivity (Wildman–Crippen MR) is 55.8 cm³/mol. The monoisotopic (exact) mass is 215 g/mol. The predicted octanol–water partition coefficient (Wildman–Crippen LogP) is 1.36. The van der Waals surface area contributed by atoms with Crippen LogP contribution in [0.4, 0.5) is 0 Å². The lowest BCUT2D eigenvalue weighted by Gasteiger charge is -2.13. The minimum absolute atomic E-state index is 0.0311. The minimum atomic E-state index is -1.18. The zero-order chi connectivity index (χ0) is 10.6. The van der Waals surface area contributed by atoms with E-state index in [1.165, 1.54) is 0 Å². The highest BCUT2D eigenvalue weighted by molar-refractivity contribution is 7.85. The average molecular weight is 215 g/mol. The molecule has 0 bridgehead atoms. The van der Waals surface area contributed by atoms with Gasteiger partial charge in [-0.3, -0.25) is 9.52 Å². The molecule has 2 fully saturated rings. The van der Waals surface area contributed by atoms with Crippen LogP contribution in [-0.2, 0) is 15.8 Å². The van der Waals surface area contributed by atoms with Gasteiger partial charge in [-0.15, -0.1) is 0 Å². The molecule has 1 N–H and O–H groups in total. The fourth-order valence-corrected chi connectivity index (χ4v) is 2.70. The van der Waals surface area contributed by atoms with E-state index in [4.69, 9.17) is 0 Å². The summed E-state index contributed by atoms with van der Waals surface area (Å²) < 4.78 is 14.2. The standard InChI is InChI=1S/C10H17NO2S/c1-7-6-10(7,3)8(12)11-14(13)9(2)4-5-9/h7H,4-6H2,1-3H3,(H,11,12)/t7-,10+,14?/m1/s1. The summed E-state index contributed by atoms with van der Waals surface area (Å²) in [6.45, 7) is 5.96. The van der Waals surface area contributed by atoms with Gasteiger partial charge in [0.2, 0.25) is 5.91 Å². The summed E-state index contributed by atoms with van der Waals surface area (Å²) in [7, 11) is -1.18. The lowest BCUT2D eigenvalue weighted by molar-refractivity contribution is -0.124. The van der Waals surface area contributed by atoms with Crippen LogP contribution in [-0.4, -0.2) is 14.9 Å². The highest BCUT2D eigenvalue weighted by Gasteiger charge is 2.54. The van der Waals surface area contributed by atoms with Crippen molar-refractivity contribution in [2.45, 2.75) is 44.8 Å². The summed E-state index contributed by atoms with van der Waals surface area (Å²) in [6, 6.07) is 0. The second-order valence-corrected chi connectivity index (χ2v) is 6.90. The van der Waals surface area contributed by atoms with E-state index in [-0.39, 0.29) is 16.1 Å². The number of carbonyl (C=O) groups is 1. The van der Waals surface area contributed by atoms with Crippen molar-refractivity contribution in [2.75, 3.05) is 0 Å². The van der Waals surface area contributed by atoms with Crippen molar-refractivity contribution in [3.63, 3.8) is 0 Å². The summed E-state index contributed by atoms with van der Waals surface area (Å²) in [4.78, 5) is 11.7. The molecule has 0 aliphatic heterocycles. The van der Waals surface area contributed by atoms with Gasteiger partial charge in [-0.05, 0) is 32.1 Å². The van der Waals surface area contributed by atoms with Crippen LogP contribution >= 0.6 is 0 Å². The number of carbonyl (C=O) groups excluding carboxylic acids is 1. The lowest BCUT2D eigenvalue weighted by Crippen LogP contribution is -2.37. The third-order valence-corrected chi connectivity index (χ3v) is 5.44. The molecule has 1 amide bonds. The lowest BCUT2D eigenvalue weighted by atomic mass is 10.1. The Morgan fingerprint density at radius 2 is 1.93 bits per heavy atom. The molecule has 3 nitrogen and oxygen atoms in total. The molecule has 2 rings (SSSR count). The van der Waals surface area contributed by atoms with Crippen molar-refractivity contribution in [2.24, 2.45) is 11.3 Å². The molecule has 3 atom stereocenters. The molecule has 0 heterocycles. The Balaban J connectivity index is 1.92. The van der Waals surface area contributed by atoms with Gasteiger partial charge < -0.3 is 0 Å². The van der Waals surface area contributed by atoms with Crippen molar-refractivity contribution in [1.29, 1.82) is 0 Å². The van der Waals surface area contributed by atoms with E-state index in [0.29, 0.717) is 5.92 Å². The second kappa shape index (κ2) is 2.81. The Hall–Kier alpha value is -0.380. The largest absolute Gasteiger partial charge is 0.274 e. The number of amides is 1. The SMILES string of the molecule is C[C@@H]1C[C@]1(C)C(=O)NS(=O)C1(C)CC1. The zero-order valence-corrected chi connectivity index (χ0v) is 9.74. The summed E-state index contributed by atoms with van der Waals surface area (Å²) in [5.41, 5.74) is -0.249. The number of hydrogen-bond acceptors (Lipinski definition) is 2. The Morgan fingerprint density at radius 1 is 1.43 bits per heavy atom. The number of nitrogens with one attached hydrogen (secondary N) is 1. The maximum Gasteiger partial charge on any atom is 0.237 e. The molecule has 4 heteroatoms. The van der Waals surface area contributed by atoms with Crippen LogP contribution in [0.5, 0.6) is 0 Å². The Morgan fingerprint density at radius 3 is 2.29 bits per heavy atom. The van der Waals surface area contributed by atoms with E-state index < -0.39 is 11.0 Å². The van der Waals surface area contributed by atoms with E-state index in [1.807, 2.05) is 13.8 Å². The highest BCUT2D eigenvalue weighted by atomic mass is 32.2. The molecular weight excluding hydrogens is 198 g/mol. The van der Waals surface area contributed by atoms with Crippen LogP contribution in [0.3, 0.4) is 0 Å². The van der Waals surface area contributed by atoms with Crippen LogP contribution in [0.2, 0.25) is 0 Å². The highest BCUT2D eigenvalue weighted by Crippen LogP contribution is 2.52. The van der Waals surface area contributed by atoms with E-state index >= 15 is 0 Å². The van der Waals surface area contributed by atoms with Crippen molar-refractivity contribution >= 4 is 16.9 Å². The Kier molecular flexibility index (Phi) is 2.04. The van der Waals surface area contributed by atoms with Crippen LogP contribution in [0.25, 0.3) is 0 Å². The zero-order valence-electron chi connectivity index (χ0n) is 8.92. The summed E-state index contributed by atoms with van der Waals surface area (Å²) in [5, 5.41) is 0. The van der Waals surface area contributed by atoms with Gasteiger partial charge in [0, 0.05) is 0 Å². The third-order valence-electron chi connectivity index (χ3n) is 3.76. The first kappa shape index (κ1) is 10.1. The van der Waals surface area contributed by atoms with Gasteiger partial charge >= 0.3 is 0 Å². The number of hydrogen-bond donors (Lipinski definition) is 1. The Bertz CT molecular complexity index is 311. The Labute approximate surface area is 87.2 Å². The van der Waals surface area contributed by atoms with Crippen LogP contribution in [0.1, 0.15) is 40.0 Å². The third kappa shape index (κ3) is 1.49. The van der Waals surface area contributed by atoms with Crippen LogP contribution < -0.4 is 4.72 Å². The molecule has 2 saturated carbocycles. The van der Waals surface area contributed by atoms with Gasteiger partial charge in [0.15, 0.2) is 0 Å². The topological polar surface area (TPSA) is 46.2 Å². The van der Waals surface area contributed by atoms with Gasteiger partial charge in [0.05, 0.1) is 10.2 Å². The normalized spacial score (nSPS) is 40.1. The molecule has 1 unspecified atom stereocenters. The van der Waals surface area contributed by atoms with Gasteiger partial charge in [-0.1, -0.05) is 13.8 Å². The molecule has 2 aliphatic rings. The van der Waals surface area contributed by atoms with Crippen molar-refractivity contribution in [3.8, 4) is 0 Å². The molecule has 0 radical (unpaired) electrons. The summed E-state index contributed by atoms with van der Waals surface area (Å²) >= 11 is 0. The van der Waals surface area contributed by atoms with E-state index in [1.54, 1.807) is 0 Å². The molecule has 0 aromatic rings. The van der Waals surface area contributed by atoms with Crippen molar-refractivity contribution in [1.82, 2.24) is 4.72 Å². The van der Waals surface area contributed by atoms with Gasteiger partial charge in [-0.2, -0.15) is 0 Å². The molecule has 80 valence electrons. The first-order valence-electron chi connectivity index (χ1n) is 5.11. The average Bonchev–Trinajstić information content (AvgIpc) is 2.95. The maximum atomic E-state index is 11.7. The second-order valence-electron chi connectivity index (χ2n) is 5.17. The molecule has 0 aromatic carbocycles. The molecule has 2 aliphatic carbocycles. The van der Waals surface area contributed by atoms with Crippen molar-refractivity contribution in [3.05, 3.63) is 0 Å². The molecular formula is C10H17NO2S. The van der Waals surface area contributed by atoms with Crippen molar-refractivity contribution < 1.29 is 9.00 Å². The van der Waals surface area contributed by atoms with Gasteiger partial charge in [0.1, 0.15) is 11.0 Å². The maximum absolute atomic E-state index is 11.7. The summed E-state index contributed by atoms with van der Waals surface area (Å²) in [5.74, 6) is 0.406. The van der Waals surface area contributed by atoms with Crippen LogP contribution in [0.15, 0.2) is 0 Å². The molecule has 0 aromatic heterocycles. The first-order chi connectivity index (χ1) is 6.38. The fourth-order valence-electron chi connectivity index (χ4n) is 1.58. The molecule has 0 spiro atoms. The fraction of sp³-hybridized carbons (Fsp3) is 0.900. The summed E-state index contributed by atoms with van der Waals surface area (Å²) in [6.07, 6.45) is 2.85. The van der Waals surface area contributed by atoms with E-state index in [9.17, 15) is 9.00 Å². The van der Waals surface area contributed by atoms with Crippen LogP contribution in [0, 0.1) is 11.3 Å². The van der Waals surface area contributed by atoms with Gasteiger partial charge in [-0.25, -0.2) is 4.21 Å². The number of rotatable bonds is 3. The molecule has 14 heavy (non-hydrogen) atoms.